The number of hydrogen-bond donors (Lipinski definition) is 3. The Balaban J connectivity index is 2.29. The highest BCUT2D eigenvalue weighted by atomic mass is 79.9. The monoisotopic (exact) mass is 417 g/mol. The second-order valence-electron chi connectivity index (χ2n) is 5.35. The third kappa shape index (κ3) is 8.48. The summed E-state index contributed by atoms with van der Waals surface area (Å²) in [5.74, 6) is -1.71. The summed E-state index contributed by atoms with van der Waals surface area (Å²) in [4.78, 5) is 34.1. The molecule has 0 heterocycles. The summed E-state index contributed by atoms with van der Waals surface area (Å²) in [6, 6.07) is 3.63. The summed E-state index contributed by atoms with van der Waals surface area (Å²) in [5.41, 5.74) is 4.93. The molecule has 9 heteroatoms. The van der Waals surface area contributed by atoms with Gasteiger partial charge in [0.2, 0.25) is 0 Å². The molecule has 0 saturated heterocycles. The van der Waals surface area contributed by atoms with Gasteiger partial charge in [-0.2, -0.15) is 0 Å². The highest BCUT2D eigenvalue weighted by Gasteiger charge is 2.19. The van der Waals surface area contributed by atoms with Gasteiger partial charge in [-0.15, -0.1) is 0 Å². The van der Waals surface area contributed by atoms with Crippen LogP contribution in [0.2, 0.25) is 0 Å². The number of nitrogens with two attached hydrogens (primary N) is 1. The van der Waals surface area contributed by atoms with E-state index in [9.17, 15) is 18.8 Å². The van der Waals surface area contributed by atoms with Gasteiger partial charge in [0.25, 0.3) is 5.91 Å². The first-order chi connectivity index (χ1) is 11.8. The van der Waals surface area contributed by atoms with E-state index >= 15 is 0 Å². The molecule has 1 aromatic carbocycles. The Labute approximate surface area is 153 Å². The van der Waals surface area contributed by atoms with E-state index in [0.717, 1.165) is 0 Å². The first-order valence-electron chi connectivity index (χ1n) is 7.78. The molecular formula is C16H21BrFN3O4. The van der Waals surface area contributed by atoms with Crippen LogP contribution in [-0.4, -0.2) is 30.6 Å². The molecule has 0 radical (unpaired) electrons. The molecule has 1 aromatic rings. The number of halogens is 2. The third-order valence-corrected chi connectivity index (χ3v) is 3.72. The van der Waals surface area contributed by atoms with E-state index in [1.807, 2.05) is 0 Å². The van der Waals surface area contributed by atoms with Crippen LogP contribution < -0.4 is 16.4 Å². The Morgan fingerprint density at radius 3 is 2.64 bits per heavy atom. The number of hydrogen-bond acceptors (Lipinski definition) is 4. The minimum absolute atomic E-state index is 0.0121. The largest absolute Gasteiger partial charge is 0.453 e. The first kappa shape index (κ1) is 20.9. The normalized spacial score (nSPS) is 11.5. The average Bonchev–Trinajstić information content (AvgIpc) is 2.52. The zero-order chi connectivity index (χ0) is 18.8. The minimum Gasteiger partial charge on any atom is -0.453 e. The summed E-state index contributed by atoms with van der Waals surface area (Å²) < 4.78 is 19.2. The number of nitrogens with one attached hydrogen (secondary N) is 2. The molecule has 0 aliphatic heterocycles. The summed E-state index contributed by atoms with van der Waals surface area (Å²) in [5, 5.41) is 4.82. The van der Waals surface area contributed by atoms with Gasteiger partial charge in [0.1, 0.15) is 5.82 Å². The van der Waals surface area contributed by atoms with Gasteiger partial charge in [-0.3, -0.25) is 9.59 Å². The van der Waals surface area contributed by atoms with Crippen molar-refractivity contribution in [3.8, 4) is 0 Å². The predicted octanol–water partition coefficient (Wildman–Crippen LogP) is 2.69. The van der Waals surface area contributed by atoms with Crippen LogP contribution in [0.3, 0.4) is 0 Å². The van der Waals surface area contributed by atoms with Crippen molar-refractivity contribution >= 4 is 39.5 Å². The lowest BCUT2D eigenvalue weighted by Gasteiger charge is -2.14. The number of anilines is 1. The van der Waals surface area contributed by atoms with E-state index in [2.05, 4.69) is 26.6 Å². The van der Waals surface area contributed by atoms with Gasteiger partial charge in [-0.25, -0.2) is 9.18 Å². The van der Waals surface area contributed by atoms with Crippen LogP contribution in [-0.2, 0) is 14.3 Å². The summed E-state index contributed by atoms with van der Waals surface area (Å²) in [6.45, 7) is 1.86. The molecule has 4 N–H and O–H groups in total. The van der Waals surface area contributed by atoms with Crippen molar-refractivity contribution in [2.45, 2.75) is 38.7 Å². The quantitative estimate of drug-likeness (QED) is 0.423. The zero-order valence-electron chi connectivity index (χ0n) is 13.8. The number of esters is 1. The van der Waals surface area contributed by atoms with Crippen LogP contribution in [0.1, 0.15) is 32.6 Å². The maximum Gasteiger partial charge on any atom is 0.312 e. The van der Waals surface area contributed by atoms with Crippen molar-refractivity contribution < 1.29 is 23.5 Å². The molecule has 0 aliphatic rings. The smallest absolute Gasteiger partial charge is 0.312 e. The molecular weight excluding hydrogens is 397 g/mol. The molecule has 138 valence electrons. The Kier molecular flexibility index (Phi) is 8.90. The Morgan fingerprint density at radius 2 is 2.00 bits per heavy atom. The van der Waals surface area contributed by atoms with E-state index in [4.69, 9.17) is 10.5 Å². The topological polar surface area (TPSA) is 111 Å². The van der Waals surface area contributed by atoms with Crippen LogP contribution in [0.25, 0.3) is 0 Å². The SMILES string of the molecule is C[C@H](OC(=O)CCCCCNC(N)=O)C(=O)Nc1ccc(Br)cc1F. The van der Waals surface area contributed by atoms with Crippen LogP contribution in [0.15, 0.2) is 22.7 Å². The fourth-order valence-electron chi connectivity index (χ4n) is 1.92. The van der Waals surface area contributed by atoms with Gasteiger partial charge in [0.15, 0.2) is 6.10 Å². The molecule has 0 saturated carbocycles. The van der Waals surface area contributed by atoms with E-state index in [0.29, 0.717) is 30.3 Å². The molecule has 0 aliphatic carbocycles. The number of urea groups is 1. The van der Waals surface area contributed by atoms with Crippen LogP contribution in [0, 0.1) is 5.82 Å². The van der Waals surface area contributed by atoms with Gasteiger partial charge in [0, 0.05) is 17.4 Å². The molecule has 0 unspecified atom stereocenters. The molecule has 0 bridgehead atoms. The summed E-state index contributed by atoms with van der Waals surface area (Å²) >= 11 is 3.12. The Bertz CT molecular complexity index is 627. The van der Waals surface area contributed by atoms with Crippen LogP contribution >= 0.6 is 15.9 Å². The molecule has 7 nitrogen and oxygen atoms in total. The second-order valence-corrected chi connectivity index (χ2v) is 6.26. The van der Waals surface area contributed by atoms with Crippen LogP contribution in [0.5, 0.6) is 0 Å². The van der Waals surface area contributed by atoms with E-state index in [1.165, 1.54) is 19.1 Å². The van der Waals surface area contributed by atoms with Gasteiger partial charge in [-0.05, 0) is 38.0 Å². The molecule has 0 spiro atoms. The number of primary amides is 1. The average molecular weight is 418 g/mol. The van der Waals surface area contributed by atoms with Crippen molar-refractivity contribution in [3.05, 3.63) is 28.5 Å². The first-order valence-corrected chi connectivity index (χ1v) is 8.57. The predicted molar refractivity (Wildman–Crippen MR) is 94.3 cm³/mol. The molecule has 0 aromatic heterocycles. The van der Waals surface area contributed by atoms with Crippen LogP contribution in [0.4, 0.5) is 14.9 Å². The highest BCUT2D eigenvalue weighted by molar-refractivity contribution is 9.10. The zero-order valence-corrected chi connectivity index (χ0v) is 15.4. The minimum atomic E-state index is -1.04. The van der Waals surface area contributed by atoms with Gasteiger partial charge in [0.05, 0.1) is 5.69 Å². The molecule has 1 atom stereocenters. The maximum absolute atomic E-state index is 13.7. The number of rotatable bonds is 9. The maximum atomic E-state index is 13.7. The summed E-state index contributed by atoms with van der Waals surface area (Å²) in [6.07, 6.45) is 1.08. The van der Waals surface area contributed by atoms with E-state index in [-0.39, 0.29) is 12.1 Å². The standard InChI is InChI=1S/C16H21BrFN3O4/c1-10(15(23)21-13-7-6-11(17)9-12(13)18)25-14(22)5-3-2-4-8-20-16(19)24/h6-7,9-10H,2-5,8H2,1H3,(H,21,23)(H3,19,20,24)/t10-/m0/s1. The second kappa shape index (κ2) is 10.7. The number of carbonyl (C=O) groups excluding carboxylic acids is 3. The number of ether oxygens (including phenoxy) is 1. The van der Waals surface area contributed by atoms with Gasteiger partial charge >= 0.3 is 12.0 Å². The van der Waals surface area contributed by atoms with Crippen molar-refractivity contribution in [3.63, 3.8) is 0 Å². The number of carbonyl (C=O) groups is 3. The lowest BCUT2D eigenvalue weighted by molar-refractivity contribution is -0.153. The molecule has 3 amide bonds. The van der Waals surface area contributed by atoms with E-state index < -0.39 is 29.8 Å². The number of amides is 3. The molecule has 25 heavy (non-hydrogen) atoms. The fraction of sp³-hybridized carbons (Fsp3) is 0.438. The Hall–Kier alpha value is -2.16. The summed E-state index contributed by atoms with van der Waals surface area (Å²) in [7, 11) is 0. The van der Waals surface area contributed by atoms with Crippen molar-refractivity contribution in [2.24, 2.45) is 5.73 Å². The third-order valence-electron chi connectivity index (χ3n) is 3.22. The van der Waals surface area contributed by atoms with Crippen molar-refractivity contribution in [2.75, 3.05) is 11.9 Å². The van der Waals surface area contributed by atoms with Crippen molar-refractivity contribution in [1.29, 1.82) is 0 Å². The van der Waals surface area contributed by atoms with Gasteiger partial charge in [-0.1, -0.05) is 22.4 Å². The molecule has 1 rings (SSSR count). The van der Waals surface area contributed by atoms with Gasteiger partial charge < -0.3 is 21.1 Å². The Morgan fingerprint density at radius 1 is 1.28 bits per heavy atom. The molecule has 0 fully saturated rings. The highest BCUT2D eigenvalue weighted by Crippen LogP contribution is 2.19. The lowest BCUT2D eigenvalue weighted by atomic mass is 10.2. The number of unbranched alkanes of at least 4 members (excludes halogenated alkanes) is 2. The fourth-order valence-corrected chi connectivity index (χ4v) is 2.25. The van der Waals surface area contributed by atoms with E-state index in [1.54, 1.807) is 6.07 Å². The van der Waals surface area contributed by atoms with Crippen molar-refractivity contribution in [1.82, 2.24) is 5.32 Å². The number of benzene rings is 1. The lowest BCUT2D eigenvalue weighted by Crippen LogP contribution is -2.30.